The summed E-state index contributed by atoms with van der Waals surface area (Å²) in [4.78, 5) is 34.7. The smallest absolute Gasteiger partial charge is 0.277 e. The molecule has 62 heavy (non-hydrogen) atoms. The maximum Gasteiger partial charge on any atom is 0.277 e. The van der Waals surface area contributed by atoms with Crippen molar-refractivity contribution < 1.29 is 30.0 Å². The number of benzene rings is 3. The Kier molecular flexibility index (Phi) is 14.2. The van der Waals surface area contributed by atoms with E-state index in [9.17, 15) is 19.8 Å². The fraction of sp³-hybridized carbons (Fsp3) is 0.222. The zero-order valence-electron chi connectivity index (χ0n) is 33.5. The molecule has 6 aromatic heterocycles. The summed E-state index contributed by atoms with van der Waals surface area (Å²) in [7, 11) is 1.73. The monoisotopic (exact) mass is 1000 g/mol. The molecule has 0 bridgehead atoms. The first kappa shape index (κ1) is 44.5. The average Bonchev–Trinajstić information content (AvgIpc) is 4.13. The van der Waals surface area contributed by atoms with Crippen molar-refractivity contribution in [2.45, 2.75) is 6.92 Å². The Hall–Kier alpha value is -4.11. The van der Waals surface area contributed by atoms with Crippen molar-refractivity contribution in [3.63, 3.8) is 0 Å². The molecule has 1 aliphatic rings. The van der Waals surface area contributed by atoms with Crippen LogP contribution in [0, 0.1) is 0 Å². The maximum atomic E-state index is 12.2. The SMILES string of the molecule is Brc1cc2cc3ccsc3cc2s1.CC1=N/C(=C/c2cc3cc4cc(N(CCO)CCO)sc4cc3s2)C(=O)N1C.O=Cc1cc2cc3cc(N(CCO)CCO)sc3cc2s1. The number of rotatable bonds is 12. The van der Waals surface area contributed by atoms with Crippen molar-refractivity contribution in [1.82, 2.24) is 4.90 Å². The number of nitrogens with zero attached hydrogens (tertiary/aromatic N) is 4. The Bertz CT molecular complexity index is 2960. The number of thiophene rings is 6. The van der Waals surface area contributed by atoms with E-state index in [0.717, 1.165) is 66.4 Å². The number of aliphatic hydroxyl groups is 4. The minimum absolute atomic E-state index is 0.0528. The number of carbonyl (C=O) groups is 2. The standard InChI is InChI=1S/C20H21N3O3S2.C15H15NO3S2.C10H5BrS2/c1-12-21-16(20(26)22(12)2)10-15-8-13-7-14-9-19(23(3-5-24)4-6-25)28-18(14)11-17(13)27-15;17-3-1-16(2-4-18)15-7-11-5-10-6-12(9-19)20-13(10)8-14(11)21-15;11-10-4-7-3-6-1-2-12-8(6)5-9(7)13-10/h7-11,24-25H,3-6H2,1-2H3;5-9,17-18H,1-4H2;1-5H/b16-10+;;. The highest BCUT2D eigenvalue weighted by Gasteiger charge is 2.24. The molecule has 0 fully saturated rings. The lowest BCUT2D eigenvalue weighted by atomic mass is 10.2. The molecule has 0 atom stereocenters. The highest BCUT2D eigenvalue weighted by Crippen LogP contribution is 2.40. The molecular weight excluding hydrogens is 965 g/mol. The first-order chi connectivity index (χ1) is 30.1. The molecule has 4 N–H and O–H groups in total. The summed E-state index contributed by atoms with van der Waals surface area (Å²) in [5, 5.41) is 48.2. The average molecular weight is 1010 g/mol. The van der Waals surface area contributed by atoms with E-state index in [1.54, 1.807) is 68.6 Å². The van der Waals surface area contributed by atoms with E-state index in [1.165, 1.54) is 35.3 Å². The highest BCUT2D eigenvalue weighted by atomic mass is 79.9. The molecule has 7 heterocycles. The summed E-state index contributed by atoms with van der Waals surface area (Å²) < 4.78 is 8.52. The summed E-state index contributed by atoms with van der Waals surface area (Å²) in [6.45, 7) is 4.08. The Balaban J connectivity index is 0.000000136. The minimum Gasteiger partial charge on any atom is -0.395 e. The number of carbonyl (C=O) groups excluding carboxylic acids is 2. The Labute approximate surface area is 389 Å². The number of anilines is 2. The van der Waals surface area contributed by atoms with Crippen LogP contribution in [0.5, 0.6) is 0 Å². The molecule has 0 saturated carbocycles. The van der Waals surface area contributed by atoms with Gasteiger partial charge in [-0.25, -0.2) is 4.99 Å². The quantitative estimate of drug-likeness (QED) is 0.0702. The third-order valence-corrected chi connectivity index (χ3v) is 17.0. The van der Waals surface area contributed by atoms with Gasteiger partial charge in [0.2, 0.25) is 0 Å². The van der Waals surface area contributed by atoms with E-state index in [2.05, 4.69) is 93.0 Å². The molecule has 17 heteroatoms. The second-order valence-corrected chi connectivity index (χ2v) is 22.0. The minimum atomic E-state index is -0.0755. The summed E-state index contributed by atoms with van der Waals surface area (Å²) in [6, 6.07) is 25.5. The number of amides is 1. The van der Waals surface area contributed by atoms with Crippen LogP contribution in [0.2, 0.25) is 0 Å². The lowest BCUT2D eigenvalue weighted by Gasteiger charge is -2.20. The summed E-state index contributed by atoms with van der Waals surface area (Å²) in [5.41, 5.74) is 0.472. The van der Waals surface area contributed by atoms with Gasteiger partial charge in [-0.05, 0) is 139 Å². The van der Waals surface area contributed by atoms with Crippen LogP contribution in [0.25, 0.3) is 66.6 Å². The molecule has 320 valence electrons. The van der Waals surface area contributed by atoms with Gasteiger partial charge in [-0.2, -0.15) is 0 Å². The third-order valence-electron chi connectivity index (χ3n) is 10.2. The molecule has 0 unspecified atom stereocenters. The molecule has 0 saturated heterocycles. The van der Waals surface area contributed by atoms with Crippen molar-refractivity contribution in [1.29, 1.82) is 0 Å². The fourth-order valence-electron chi connectivity index (χ4n) is 7.06. The van der Waals surface area contributed by atoms with E-state index in [-0.39, 0.29) is 32.3 Å². The van der Waals surface area contributed by atoms with Crippen LogP contribution in [0.4, 0.5) is 10.0 Å². The number of likely N-dealkylation sites (N-methyl/N-ethyl adjacent to an activating group) is 1. The van der Waals surface area contributed by atoms with Crippen molar-refractivity contribution in [2.75, 3.05) is 69.5 Å². The van der Waals surface area contributed by atoms with Gasteiger partial charge < -0.3 is 30.2 Å². The van der Waals surface area contributed by atoms with Crippen LogP contribution in [-0.2, 0) is 4.79 Å². The van der Waals surface area contributed by atoms with Gasteiger partial charge in [-0.1, -0.05) is 0 Å². The topological polar surface area (TPSA) is 137 Å². The number of aldehydes is 1. The van der Waals surface area contributed by atoms with Crippen LogP contribution < -0.4 is 9.80 Å². The molecule has 10 nitrogen and oxygen atoms in total. The van der Waals surface area contributed by atoms with Crippen LogP contribution >= 0.6 is 84.0 Å². The normalized spacial score (nSPS) is 13.5. The lowest BCUT2D eigenvalue weighted by Crippen LogP contribution is -2.28. The third kappa shape index (κ3) is 9.68. The molecule has 0 aliphatic carbocycles. The van der Waals surface area contributed by atoms with Crippen molar-refractivity contribution in [3.8, 4) is 0 Å². The van der Waals surface area contributed by atoms with E-state index in [1.807, 2.05) is 28.9 Å². The zero-order valence-corrected chi connectivity index (χ0v) is 40.0. The van der Waals surface area contributed by atoms with Gasteiger partial charge in [-0.3, -0.25) is 14.5 Å². The van der Waals surface area contributed by atoms with Gasteiger partial charge in [0.05, 0.1) is 45.1 Å². The number of fused-ring (bicyclic) bond motifs is 6. The summed E-state index contributed by atoms with van der Waals surface area (Å²) in [5.74, 6) is 0.633. The van der Waals surface area contributed by atoms with E-state index < -0.39 is 0 Å². The predicted octanol–water partition coefficient (Wildman–Crippen LogP) is 10.7. The summed E-state index contributed by atoms with van der Waals surface area (Å²) in [6.07, 6.45) is 2.73. The zero-order chi connectivity index (χ0) is 43.5. The molecule has 10 rings (SSSR count). The second kappa shape index (κ2) is 19.7. The van der Waals surface area contributed by atoms with E-state index in [0.29, 0.717) is 37.7 Å². The highest BCUT2D eigenvalue weighted by molar-refractivity contribution is 9.11. The Morgan fingerprint density at radius 2 is 1.08 bits per heavy atom. The first-order valence-electron chi connectivity index (χ1n) is 19.5. The van der Waals surface area contributed by atoms with Crippen LogP contribution in [0.3, 0.4) is 0 Å². The van der Waals surface area contributed by atoms with Crippen molar-refractivity contribution in [3.05, 3.63) is 97.4 Å². The van der Waals surface area contributed by atoms with Gasteiger partial charge in [0.15, 0.2) is 6.29 Å². The molecular formula is C45H41BrN4O6S6. The van der Waals surface area contributed by atoms with Gasteiger partial charge in [0.1, 0.15) is 11.5 Å². The number of halogens is 1. The molecule has 3 aromatic carbocycles. The number of amidine groups is 1. The summed E-state index contributed by atoms with van der Waals surface area (Å²) >= 11 is 13.5. The van der Waals surface area contributed by atoms with Gasteiger partial charge in [-0.15, -0.1) is 68.0 Å². The second-order valence-electron chi connectivity index (χ2n) is 14.3. The molecule has 1 aliphatic heterocycles. The molecule has 9 aromatic rings. The van der Waals surface area contributed by atoms with E-state index >= 15 is 0 Å². The molecule has 1 amide bonds. The van der Waals surface area contributed by atoms with Crippen LogP contribution in [0.1, 0.15) is 21.5 Å². The Morgan fingerprint density at radius 1 is 0.613 bits per heavy atom. The number of aliphatic hydroxyl groups excluding tert-OH is 4. The van der Waals surface area contributed by atoms with E-state index in [4.69, 9.17) is 10.2 Å². The Morgan fingerprint density at radius 3 is 1.61 bits per heavy atom. The largest absolute Gasteiger partial charge is 0.395 e. The van der Waals surface area contributed by atoms with Crippen molar-refractivity contribution in [2.24, 2.45) is 4.99 Å². The number of hydrogen-bond donors (Lipinski definition) is 4. The van der Waals surface area contributed by atoms with Gasteiger partial charge in [0, 0.05) is 66.3 Å². The molecule has 0 radical (unpaired) electrons. The molecule has 0 spiro atoms. The number of aliphatic imine (C=N–C) groups is 1. The predicted molar refractivity (Wildman–Crippen MR) is 271 cm³/mol. The first-order valence-corrected chi connectivity index (χ1v) is 25.3. The van der Waals surface area contributed by atoms with Gasteiger partial charge in [0.25, 0.3) is 5.91 Å². The number of hydrogen-bond acceptors (Lipinski definition) is 15. The fourth-order valence-corrected chi connectivity index (χ4v) is 13.9. The van der Waals surface area contributed by atoms with Crippen LogP contribution in [-0.4, -0.2) is 103 Å². The van der Waals surface area contributed by atoms with Gasteiger partial charge >= 0.3 is 0 Å². The maximum absolute atomic E-state index is 12.2. The van der Waals surface area contributed by atoms with Crippen LogP contribution in [0.15, 0.2) is 92.7 Å². The lowest BCUT2D eigenvalue weighted by molar-refractivity contribution is -0.121. The van der Waals surface area contributed by atoms with Crippen molar-refractivity contribution >= 4 is 179 Å².